The van der Waals surface area contributed by atoms with E-state index in [2.05, 4.69) is 13.8 Å². The van der Waals surface area contributed by atoms with E-state index in [0.29, 0.717) is 11.8 Å². The zero-order chi connectivity index (χ0) is 6.15. The third-order valence-corrected chi connectivity index (χ3v) is 2.24. The molecule has 1 aliphatic carbocycles. The summed E-state index contributed by atoms with van der Waals surface area (Å²) in [5.41, 5.74) is 0. The standard InChI is InChI=1S/C7H14O/c1-5-3-4-6(2)7(5)8/h5-8H,3-4H2,1-2H3/t5-,6-/m0/s1. The fraction of sp³-hybridized carbons (Fsp3) is 1.00. The Labute approximate surface area is 50.7 Å². The number of aliphatic hydroxyl groups excluding tert-OH is 1. The summed E-state index contributed by atoms with van der Waals surface area (Å²) < 4.78 is 0. The summed E-state index contributed by atoms with van der Waals surface area (Å²) in [5.74, 6) is 1.09. The normalized spacial score (nSPS) is 40.9. The Morgan fingerprint density at radius 2 is 1.50 bits per heavy atom. The van der Waals surface area contributed by atoms with Crippen LogP contribution >= 0.6 is 0 Å². The highest BCUT2D eigenvalue weighted by Crippen LogP contribution is 2.29. The van der Waals surface area contributed by atoms with Gasteiger partial charge in [0.15, 0.2) is 0 Å². The molecule has 48 valence electrons. The lowest BCUT2D eigenvalue weighted by molar-refractivity contribution is 0.105. The topological polar surface area (TPSA) is 20.2 Å². The summed E-state index contributed by atoms with van der Waals surface area (Å²) in [6.45, 7) is 4.24. The van der Waals surface area contributed by atoms with Crippen molar-refractivity contribution in [2.75, 3.05) is 0 Å². The molecule has 1 saturated carbocycles. The van der Waals surface area contributed by atoms with Crippen LogP contribution in [0.4, 0.5) is 0 Å². The molecule has 0 aromatic carbocycles. The van der Waals surface area contributed by atoms with Crippen LogP contribution < -0.4 is 0 Å². The first-order chi connectivity index (χ1) is 3.72. The molecule has 2 atom stereocenters. The van der Waals surface area contributed by atoms with E-state index < -0.39 is 0 Å². The van der Waals surface area contributed by atoms with Crippen LogP contribution in [0.25, 0.3) is 0 Å². The van der Waals surface area contributed by atoms with Gasteiger partial charge >= 0.3 is 0 Å². The van der Waals surface area contributed by atoms with Crippen LogP contribution in [0.3, 0.4) is 0 Å². The van der Waals surface area contributed by atoms with Crippen LogP contribution in [0.2, 0.25) is 0 Å². The van der Waals surface area contributed by atoms with Crippen LogP contribution in [-0.4, -0.2) is 11.2 Å². The number of aliphatic hydroxyl groups is 1. The fourth-order valence-electron chi connectivity index (χ4n) is 1.43. The maximum Gasteiger partial charge on any atom is 0.0591 e. The van der Waals surface area contributed by atoms with Crippen LogP contribution in [0.1, 0.15) is 26.7 Å². The maximum absolute atomic E-state index is 9.27. The second-order valence-electron chi connectivity index (χ2n) is 3.02. The molecule has 1 fully saturated rings. The van der Waals surface area contributed by atoms with Crippen molar-refractivity contribution in [1.29, 1.82) is 0 Å². The molecule has 0 aromatic heterocycles. The molecule has 0 heterocycles. The summed E-state index contributed by atoms with van der Waals surface area (Å²) >= 11 is 0. The number of rotatable bonds is 0. The molecular formula is C7H14O. The van der Waals surface area contributed by atoms with Gasteiger partial charge in [0.25, 0.3) is 0 Å². The molecule has 0 unspecified atom stereocenters. The van der Waals surface area contributed by atoms with Gasteiger partial charge in [0.2, 0.25) is 0 Å². The van der Waals surface area contributed by atoms with E-state index in [4.69, 9.17) is 0 Å². The van der Waals surface area contributed by atoms with E-state index in [1.54, 1.807) is 0 Å². The van der Waals surface area contributed by atoms with Crippen molar-refractivity contribution in [3.8, 4) is 0 Å². The van der Waals surface area contributed by atoms with Crippen molar-refractivity contribution in [3.63, 3.8) is 0 Å². The summed E-state index contributed by atoms with van der Waals surface area (Å²) in [6, 6.07) is 0. The van der Waals surface area contributed by atoms with Gasteiger partial charge in [-0.25, -0.2) is 0 Å². The minimum Gasteiger partial charge on any atom is -0.393 e. The summed E-state index contributed by atoms with van der Waals surface area (Å²) in [4.78, 5) is 0. The largest absolute Gasteiger partial charge is 0.393 e. The van der Waals surface area contributed by atoms with Crippen LogP contribution in [-0.2, 0) is 0 Å². The first kappa shape index (κ1) is 6.09. The highest BCUT2D eigenvalue weighted by Gasteiger charge is 2.27. The molecule has 1 aliphatic rings. The Balaban J connectivity index is 2.44. The quantitative estimate of drug-likeness (QED) is 0.505. The molecule has 0 aliphatic heterocycles. The Kier molecular flexibility index (Phi) is 1.57. The van der Waals surface area contributed by atoms with Crippen molar-refractivity contribution in [3.05, 3.63) is 0 Å². The molecule has 0 saturated heterocycles. The molecule has 0 spiro atoms. The van der Waals surface area contributed by atoms with Gasteiger partial charge in [-0.1, -0.05) is 13.8 Å². The molecule has 1 nitrogen and oxygen atoms in total. The van der Waals surface area contributed by atoms with Gasteiger partial charge in [-0.05, 0) is 24.7 Å². The number of hydrogen-bond donors (Lipinski definition) is 1. The van der Waals surface area contributed by atoms with E-state index in [0.717, 1.165) is 0 Å². The number of hydrogen-bond acceptors (Lipinski definition) is 1. The molecule has 1 heteroatoms. The van der Waals surface area contributed by atoms with Crippen molar-refractivity contribution in [2.24, 2.45) is 11.8 Å². The molecule has 1 N–H and O–H groups in total. The van der Waals surface area contributed by atoms with Gasteiger partial charge in [-0.15, -0.1) is 0 Å². The van der Waals surface area contributed by atoms with E-state index in [9.17, 15) is 5.11 Å². The Morgan fingerprint density at radius 1 is 1.12 bits per heavy atom. The van der Waals surface area contributed by atoms with Gasteiger partial charge in [-0.2, -0.15) is 0 Å². The third kappa shape index (κ3) is 0.873. The highest BCUT2D eigenvalue weighted by atomic mass is 16.3. The zero-order valence-corrected chi connectivity index (χ0v) is 5.59. The van der Waals surface area contributed by atoms with Crippen LogP contribution in [0.15, 0.2) is 0 Å². The van der Waals surface area contributed by atoms with Crippen molar-refractivity contribution in [1.82, 2.24) is 0 Å². The van der Waals surface area contributed by atoms with Gasteiger partial charge in [0.1, 0.15) is 0 Å². The molecule has 0 bridgehead atoms. The fourth-order valence-corrected chi connectivity index (χ4v) is 1.43. The van der Waals surface area contributed by atoms with E-state index in [-0.39, 0.29) is 6.10 Å². The molecular weight excluding hydrogens is 100 g/mol. The monoisotopic (exact) mass is 114 g/mol. The van der Waals surface area contributed by atoms with Gasteiger partial charge in [0.05, 0.1) is 6.10 Å². The maximum atomic E-state index is 9.27. The van der Waals surface area contributed by atoms with Crippen molar-refractivity contribution >= 4 is 0 Å². The Bertz CT molecular complexity index is 70.5. The second-order valence-corrected chi connectivity index (χ2v) is 3.02. The third-order valence-electron chi connectivity index (χ3n) is 2.24. The average Bonchev–Trinajstić information content (AvgIpc) is 1.98. The van der Waals surface area contributed by atoms with Crippen LogP contribution in [0, 0.1) is 11.8 Å². The van der Waals surface area contributed by atoms with Crippen molar-refractivity contribution in [2.45, 2.75) is 32.8 Å². The van der Waals surface area contributed by atoms with Gasteiger partial charge < -0.3 is 5.11 Å². The molecule has 0 radical (unpaired) electrons. The molecule has 8 heavy (non-hydrogen) atoms. The predicted octanol–water partition coefficient (Wildman–Crippen LogP) is 1.41. The average molecular weight is 114 g/mol. The molecule has 0 aromatic rings. The summed E-state index contributed by atoms with van der Waals surface area (Å²) in [7, 11) is 0. The SMILES string of the molecule is C[C@H]1CC[C@H](C)C1O. The molecule has 0 amide bonds. The van der Waals surface area contributed by atoms with E-state index >= 15 is 0 Å². The molecule has 1 rings (SSSR count). The zero-order valence-electron chi connectivity index (χ0n) is 5.59. The second kappa shape index (κ2) is 2.06. The first-order valence-electron chi connectivity index (χ1n) is 3.40. The summed E-state index contributed by atoms with van der Waals surface area (Å²) in [6.07, 6.45) is 2.40. The van der Waals surface area contributed by atoms with E-state index in [1.807, 2.05) is 0 Å². The minimum atomic E-state index is -0.0185. The van der Waals surface area contributed by atoms with Crippen molar-refractivity contribution < 1.29 is 5.11 Å². The van der Waals surface area contributed by atoms with Crippen LogP contribution in [0.5, 0.6) is 0 Å². The lowest BCUT2D eigenvalue weighted by atomic mass is 10.1. The smallest absolute Gasteiger partial charge is 0.0591 e. The lowest BCUT2D eigenvalue weighted by Crippen LogP contribution is -2.15. The highest BCUT2D eigenvalue weighted by molar-refractivity contribution is 4.78. The minimum absolute atomic E-state index is 0.0185. The Morgan fingerprint density at radius 3 is 1.62 bits per heavy atom. The Hall–Kier alpha value is -0.0400. The van der Waals surface area contributed by atoms with E-state index in [1.165, 1.54) is 12.8 Å². The van der Waals surface area contributed by atoms with Gasteiger partial charge in [-0.3, -0.25) is 0 Å². The summed E-state index contributed by atoms with van der Waals surface area (Å²) in [5, 5.41) is 9.27. The van der Waals surface area contributed by atoms with Gasteiger partial charge in [0, 0.05) is 0 Å². The first-order valence-corrected chi connectivity index (χ1v) is 3.40. The lowest BCUT2D eigenvalue weighted by Gasteiger charge is -2.10. The predicted molar refractivity (Wildman–Crippen MR) is 33.6 cm³/mol.